The Hall–Kier alpha value is -0.870. The van der Waals surface area contributed by atoms with Crippen LogP contribution in [0.25, 0.3) is 0 Å². The molecule has 6 nitrogen and oxygen atoms in total. The SMILES string of the molecule is CN=C(NCCC(=O)Nc1ccc(Br)cc1C)NC(C)COC.I. The third kappa shape index (κ3) is 8.84. The van der Waals surface area contributed by atoms with Gasteiger partial charge < -0.3 is 20.7 Å². The fraction of sp³-hybridized carbons (Fsp3) is 0.500. The summed E-state index contributed by atoms with van der Waals surface area (Å²) in [6.07, 6.45) is 0.356. The van der Waals surface area contributed by atoms with Crippen molar-refractivity contribution in [2.24, 2.45) is 4.99 Å². The van der Waals surface area contributed by atoms with Gasteiger partial charge in [0.2, 0.25) is 5.91 Å². The lowest BCUT2D eigenvalue weighted by Gasteiger charge is -2.17. The van der Waals surface area contributed by atoms with Crippen LogP contribution in [0.15, 0.2) is 27.7 Å². The van der Waals surface area contributed by atoms with Crippen LogP contribution in [0.2, 0.25) is 0 Å². The van der Waals surface area contributed by atoms with Crippen LogP contribution in [0.1, 0.15) is 18.9 Å². The van der Waals surface area contributed by atoms with E-state index in [9.17, 15) is 4.79 Å². The number of rotatable bonds is 7. The van der Waals surface area contributed by atoms with Crippen molar-refractivity contribution in [3.05, 3.63) is 28.2 Å². The Morgan fingerprint density at radius 3 is 2.71 bits per heavy atom. The van der Waals surface area contributed by atoms with Crippen molar-refractivity contribution in [2.75, 3.05) is 32.6 Å². The number of hydrogen-bond donors (Lipinski definition) is 3. The first-order chi connectivity index (χ1) is 11.0. The van der Waals surface area contributed by atoms with Gasteiger partial charge in [0.15, 0.2) is 5.96 Å². The molecular weight excluding hydrogens is 487 g/mol. The van der Waals surface area contributed by atoms with Gasteiger partial charge in [-0.15, -0.1) is 24.0 Å². The largest absolute Gasteiger partial charge is 0.383 e. The molecule has 136 valence electrons. The van der Waals surface area contributed by atoms with Crippen LogP contribution in [0, 0.1) is 6.92 Å². The number of carbonyl (C=O) groups is 1. The van der Waals surface area contributed by atoms with Crippen molar-refractivity contribution in [3.63, 3.8) is 0 Å². The summed E-state index contributed by atoms with van der Waals surface area (Å²) in [5.74, 6) is 0.616. The third-order valence-electron chi connectivity index (χ3n) is 3.13. The number of amides is 1. The molecule has 1 unspecified atom stereocenters. The van der Waals surface area contributed by atoms with Crippen molar-refractivity contribution in [3.8, 4) is 0 Å². The highest BCUT2D eigenvalue weighted by molar-refractivity contribution is 14.0. The van der Waals surface area contributed by atoms with Gasteiger partial charge in [0.05, 0.1) is 6.61 Å². The number of nitrogens with one attached hydrogen (secondary N) is 3. The van der Waals surface area contributed by atoms with Crippen molar-refractivity contribution < 1.29 is 9.53 Å². The van der Waals surface area contributed by atoms with Gasteiger partial charge in [0.1, 0.15) is 0 Å². The van der Waals surface area contributed by atoms with Crippen LogP contribution in [-0.4, -0.2) is 45.2 Å². The number of carbonyl (C=O) groups excluding carboxylic acids is 1. The smallest absolute Gasteiger partial charge is 0.226 e. The molecule has 0 bridgehead atoms. The standard InChI is InChI=1S/C16H25BrN4O2.HI/c1-11-9-13(17)5-6-14(11)21-15(22)7-8-19-16(18-3)20-12(2)10-23-4;/h5-6,9,12H,7-8,10H2,1-4H3,(H,21,22)(H2,18,19,20);1H. The number of guanidine groups is 1. The average Bonchev–Trinajstić information content (AvgIpc) is 2.49. The number of halogens is 2. The zero-order valence-corrected chi connectivity index (χ0v) is 18.4. The predicted molar refractivity (Wildman–Crippen MR) is 113 cm³/mol. The molecule has 1 rings (SSSR count). The third-order valence-corrected chi connectivity index (χ3v) is 3.62. The van der Waals surface area contributed by atoms with E-state index in [4.69, 9.17) is 4.74 Å². The molecule has 0 aliphatic carbocycles. The fourth-order valence-corrected chi connectivity index (χ4v) is 2.47. The van der Waals surface area contributed by atoms with Gasteiger partial charge in [-0.25, -0.2) is 0 Å². The summed E-state index contributed by atoms with van der Waals surface area (Å²) in [5.41, 5.74) is 1.85. The highest BCUT2D eigenvalue weighted by Gasteiger charge is 2.07. The molecule has 1 atom stereocenters. The number of hydrogen-bond acceptors (Lipinski definition) is 3. The van der Waals surface area contributed by atoms with Gasteiger partial charge in [0, 0.05) is 43.3 Å². The van der Waals surface area contributed by atoms with E-state index >= 15 is 0 Å². The monoisotopic (exact) mass is 512 g/mol. The van der Waals surface area contributed by atoms with E-state index in [0.29, 0.717) is 25.5 Å². The Bertz CT molecular complexity index is 555. The summed E-state index contributed by atoms with van der Waals surface area (Å²) >= 11 is 3.41. The summed E-state index contributed by atoms with van der Waals surface area (Å²) in [6, 6.07) is 5.91. The Balaban J connectivity index is 0.00000529. The molecule has 3 N–H and O–H groups in total. The second kappa shape index (κ2) is 12.5. The molecule has 1 amide bonds. The maximum Gasteiger partial charge on any atom is 0.226 e. The predicted octanol–water partition coefficient (Wildman–Crippen LogP) is 2.90. The molecule has 0 spiro atoms. The van der Waals surface area contributed by atoms with E-state index in [-0.39, 0.29) is 35.9 Å². The molecule has 0 aliphatic heterocycles. The van der Waals surface area contributed by atoms with Crippen molar-refractivity contribution in [2.45, 2.75) is 26.3 Å². The second-order valence-corrected chi connectivity index (χ2v) is 6.17. The molecule has 24 heavy (non-hydrogen) atoms. The van der Waals surface area contributed by atoms with Gasteiger partial charge in [-0.2, -0.15) is 0 Å². The fourth-order valence-electron chi connectivity index (χ4n) is 1.99. The zero-order chi connectivity index (χ0) is 17.2. The first kappa shape index (κ1) is 23.1. The minimum atomic E-state index is -0.0386. The van der Waals surface area contributed by atoms with Crippen LogP contribution in [0.5, 0.6) is 0 Å². The van der Waals surface area contributed by atoms with E-state index in [1.807, 2.05) is 32.0 Å². The van der Waals surface area contributed by atoms with E-state index in [1.165, 1.54) is 0 Å². The Morgan fingerprint density at radius 2 is 2.12 bits per heavy atom. The molecule has 0 aliphatic rings. The highest BCUT2D eigenvalue weighted by atomic mass is 127. The summed E-state index contributed by atoms with van der Waals surface area (Å²) in [4.78, 5) is 16.1. The number of anilines is 1. The highest BCUT2D eigenvalue weighted by Crippen LogP contribution is 2.19. The summed E-state index contributed by atoms with van der Waals surface area (Å²) in [6.45, 7) is 5.05. The molecule has 1 aromatic rings. The summed E-state index contributed by atoms with van der Waals surface area (Å²) in [7, 11) is 3.35. The number of benzene rings is 1. The second-order valence-electron chi connectivity index (χ2n) is 5.26. The first-order valence-corrected chi connectivity index (χ1v) is 8.27. The molecule has 0 fully saturated rings. The first-order valence-electron chi connectivity index (χ1n) is 7.48. The molecule has 0 saturated heterocycles. The number of aryl methyl sites for hydroxylation is 1. The summed E-state index contributed by atoms with van der Waals surface area (Å²) in [5, 5.41) is 9.21. The maximum absolute atomic E-state index is 12.0. The van der Waals surface area contributed by atoms with Gasteiger partial charge in [-0.05, 0) is 37.6 Å². The topological polar surface area (TPSA) is 74.8 Å². The number of nitrogens with zero attached hydrogens (tertiary/aromatic N) is 1. The van der Waals surface area contributed by atoms with E-state index in [0.717, 1.165) is 15.7 Å². The average molecular weight is 513 g/mol. The minimum absolute atomic E-state index is 0. The Morgan fingerprint density at radius 1 is 1.42 bits per heavy atom. The summed E-state index contributed by atoms with van der Waals surface area (Å²) < 4.78 is 6.06. The minimum Gasteiger partial charge on any atom is -0.383 e. The van der Waals surface area contributed by atoms with Crippen LogP contribution in [0.4, 0.5) is 5.69 Å². The lowest BCUT2D eigenvalue weighted by molar-refractivity contribution is -0.116. The number of methoxy groups -OCH3 is 1. The zero-order valence-electron chi connectivity index (χ0n) is 14.5. The quantitative estimate of drug-likeness (QED) is 0.298. The Labute approximate surface area is 169 Å². The van der Waals surface area contributed by atoms with Crippen LogP contribution in [0.3, 0.4) is 0 Å². The molecule has 0 aromatic heterocycles. The lowest BCUT2D eigenvalue weighted by Crippen LogP contribution is -2.44. The maximum atomic E-state index is 12.0. The van der Waals surface area contributed by atoms with Crippen LogP contribution in [-0.2, 0) is 9.53 Å². The molecule has 0 saturated carbocycles. The number of aliphatic imine (C=N–C) groups is 1. The van der Waals surface area contributed by atoms with Crippen molar-refractivity contribution in [1.29, 1.82) is 0 Å². The van der Waals surface area contributed by atoms with Gasteiger partial charge in [-0.3, -0.25) is 9.79 Å². The van der Waals surface area contributed by atoms with E-state index in [1.54, 1.807) is 14.2 Å². The van der Waals surface area contributed by atoms with Gasteiger partial charge >= 0.3 is 0 Å². The van der Waals surface area contributed by atoms with E-state index in [2.05, 4.69) is 36.9 Å². The number of ether oxygens (including phenoxy) is 1. The molecule has 8 heteroatoms. The molecule has 0 radical (unpaired) electrons. The Kier molecular flexibility index (Phi) is 12.0. The van der Waals surface area contributed by atoms with E-state index < -0.39 is 0 Å². The molecule has 1 aromatic carbocycles. The van der Waals surface area contributed by atoms with Gasteiger partial charge in [0.25, 0.3) is 0 Å². The van der Waals surface area contributed by atoms with Crippen LogP contribution >= 0.6 is 39.9 Å². The van der Waals surface area contributed by atoms with Crippen molar-refractivity contribution >= 4 is 57.5 Å². The molecule has 0 heterocycles. The molecular formula is C16H26BrIN4O2. The lowest BCUT2D eigenvalue weighted by atomic mass is 10.2. The van der Waals surface area contributed by atoms with Crippen LogP contribution < -0.4 is 16.0 Å². The van der Waals surface area contributed by atoms with Crippen molar-refractivity contribution in [1.82, 2.24) is 10.6 Å². The normalized spacial score (nSPS) is 12.1. The van der Waals surface area contributed by atoms with Gasteiger partial charge in [-0.1, -0.05) is 15.9 Å².